The lowest BCUT2D eigenvalue weighted by Gasteiger charge is -2.72. The van der Waals surface area contributed by atoms with Crippen LogP contribution in [-0.2, 0) is 14.3 Å². The van der Waals surface area contributed by atoms with Crippen molar-refractivity contribution in [1.82, 2.24) is 0 Å². The Morgan fingerprint density at radius 2 is 1.24 bits per heavy atom. The maximum absolute atomic E-state index is 13.3. The van der Waals surface area contributed by atoms with Gasteiger partial charge in [-0.05, 0) is 98.2 Å². The molecule has 6 aliphatic rings. The molecule has 3 heteroatoms. The molecule has 0 aromatic heterocycles. The molecule has 3 nitrogen and oxygen atoms in total. The van der Waals surface area contributed by atoms with E-state index in [-0.39, 0.29) is 33.7 Å². The van der Waals surface area contributed by atoms with Crippen LogP contribution in [0.15, 0.2) is 12.2 Å². The molecular weight excluding hydrogens is 673 g/mol. The van der Waals surface area contributed by atoms with E-state index in [0.717, 1.165) is 37.5 Å². The summed E-state index contributed by atoms with van der Waals surface area (Å²) in [5.41, 5.74) is 2.53. The fourth-order valence-corrected chi connectivity index (χ4v) is 15.7. The summed E-state index contributed by atoms with van der Waals surface area (Å²) < 4.78 is 13.9. The van der Waals surface area contributed by atoms with Crippen molar-refractivity contribution >= 4 is 5.97 Å². The van der Waals surface area contributed by atoms with E-state index in [0.29, 0.717) is 41.8 Å². The van der Waals surface area contributed by atoms with Gasteiger partial charge in [-0.2, -0.15) is 0 Å². The van der Waals surface area contributed by atoms with E-state index in [1.807, 2.05) is 0 Å². The molecule has 0 aromatic rings. The molecule has 1 aliphatic heterocycles. The number of carbonyl (C=O) groups is 1. The van der Waals surface area contributed by atoms with Gasteiger partial charge in [-0.3, -0.25) is 4.79 Å². The van der Waals surface area contributed by atoms with Gasteiger partial charge in [0.25, 0.3) is 0 Å². The van der Waals surface area contributed by atoms with Gasteiger partial charge in [0.15, 0.2) is 0 Å². The van der Waals surface area contributed by atoms with E-state index in [1.54, 1.807) is 0 Å². The molecule has 0 radical (unpaired) electrons. The van der Waals surface area contributed by atoms with Crippen LogP contribution in [0.2, 0.25) is 0 Å². The molecule has 0 bridgehead atoms. The Balaban J connectivity index is 0.903. The normalized spacial score (nSPS) is 41.3. The van der Waals surface area contributed by atoms with Crippen molar-refractivity contribution in [3.8, 4) is 0 Å². The minimum Gasteiger partial charge on any atom is -0.462 e. The lowest BCUT2D eigenvalue weighted by molar-refractivity contribution is -0.243. The Bertz CT molecular complexity index is 1270. The van der Waals surface area contributed by atoms with Crippen molar-refractivity contribution in [3.05, 3.63) is 12.2 Å². The fourth-order valence-electron chi connectivity index (χ4n) is 15.7. The number of rotatable bonds is 21. The first-order valence-corrected chi connectivity index (χ1v) is 24.8. The molecule has 1 saturated heterocycles. The molecule has 0 amide bonds. The summed E-state index contributed by atoms with van der Waals surface area (Å²) in [6.45, 7) is 25.0. The predicted molar refractivity (Wildman–Crippen MR) is 232 cm³/mol. The molecule has 0 spiro atoms. The van der Waals surface area contributed by atoms with Gasteiger partial charge in [0, 0.05) is 22.7 Å². The van der Waals surface area contributed by atoms with Gasteiger partial charge in [0.2, 0.25) is 0 Å². The highest BCUT2D eigenvalue weighted by atomic mass is 16.5. The Morgan fingerprint density at radius 1 is 0.691 bits per heavy atom. The minimum atomic E-state index is -0.0430. The SMILES string of the molecule is C=C1CC[C@]2(C)C[C@@H]3O[C@H]4C[C@H]5C(C)(C)[C@@H](OC(=O)CCCCCCCCCCCCCCCCCCCCC)CC[C@]5(C)[C@H]5CC[C@H]([C@H]2[C@@H]1C)[C@]3(C)[C@]45C. The van der Waals surface area contributed by atoms with Crippen molar-refractivity contribution in [2.45, 2.75) is 253 Å². The number of hydrogen-bond acceptors (Lipinski definition) is 3. The van der Waals surface area contributed by atoms with Gasteiger partial charge in [-0.1, -0.05) is 183 Å². The summed E-state index contributed by atoms with van der Waals surface area (Å²) in [6, 6.07) is 0. The molecule has 55 heavy (non-hydrogen) atoms. The molecule has 316 valence electrons. The Hall–Kier alpha value is -0.830. The zero-order valence-electron chi connectivity index (χ0n) is 37.8. The Morgan fingerprint density at radius 3 is 1.80 bits per heavy atom. The quantitative estimate of drug-likeness (QED) is 0.0664. The van der Waals surface area contributed by atoms with Crippen LogP contribution in [-0.4, -0.2) is 24.3 Å². The van der Waals surface area contributed by atoms with E-state index in [4.69, 9.17) is 9.47 Å². The van der Waals surface area contributed by atoms with E-state index in [1.165, 1.54) is 153 Å². The number of esters is 1. The molecular formula is C52H90O3. The van der Waals surface area contributed by atoms with Crippen molar-refractivity contribution < 1.29 is 14.3 Å². The lowest BCUT2D eigenvalue weighted by Crippen LogP contribution is -2.69. The Labute approximate surface area is 341 Å². The van der Waals surface area contributed by atoms with E-state index in [9.17, 15) is 4.79 Å². The molecule has 6 rings (SSSR count). The average molecular weight is 763 g/mol. The number of carbonyl (C=O) groups excluding carboxylic acids is 1. The number of unbranched alkanes of at least 4 members (excludes halogenated alkanes) is 18. The second-order valence-electron chi connectivity index (χ2n) is 22.5. The van der Waals surface area contributed by atoms with Gasteiger partial charge >= 0.3 is 5.97 Å². The first-order chi connectivity index (χ1) is 26.2. The van der Waals surface area contributed by atoms with Crippen LogP contribution in [0.3, 0.4) is 0 Å². The summed E-state index contributed by atoms with van der Waals surface area (Å²) >= 11 is 0. The number of allylic oxidation sites excluding steroid dienone is 1. The lowest BCUT2D eigenvalue weighted by atomic mass is 9.31. The predicted octanol–water partition coefficient (Wildman–Crippen LogP) is 15.4. The zero-order valence-corrected chi connectivity index (χ0v) is 37.8. The van der Waals surface area contributed by atoms with E-state index < -0.39 is 0 Å². The topological polar surface area (TPSA) is 35.5 Å². The molecule has 5 saturated carbocycles. The van der Waals surface area contributed by atoms with Crippen LogP contribution in [0, 0.1) is 56.7 Å². The molecule has 6 fully saturated rings. The summed E-state index contributed by atoms with van der Waals surface area (Å²) in [7, 11) is 0. The Kier molecular flexibility index (Phi) is 14.5. The van der Waals surface area contributed by atoms with Crippen LogP contribution in [0.1, 0.15) is 235 Å². The summed E-state index contributed by atoms with van der Waals surface area (Å²) in [4.78, 5) is 13.3. The van der Waals surface area contributed by atoms with Gasteiger partial charge < -0.3 is 9.47 Å². The van der Waals surface area contributed by atoms with Crippen LogP contribution >= 0.6 is 0 Å². The third-order valence-electron chi connectivity index (χ3n) is 19.2. The van der Waals surface area contributed by atoms with Crippen LogP contribution < -0.4 is 0 Å². The standard InChI is InChI=1S/C52H90O3/c1-10-11-12-13-14-15-16-17-18-19-20-21-22-23-24-25-26-27-28-29-46(53)55-43-33-35-50(7)41-31-30-40-47-39(3)38(2)32-34-49(47,6)37-45-51(40,8)52(41,9)44(54-45)36-42(50)48(43,4)5/h39-45,47H,2,10-37H2,1,3-9H3/t39-,40-,41-,42+,43+,44+,45+,47-,49-,50-,51+,52+/m1/s1. The van der Waals surface area contributed by atoms with Gasteiger partial charge in [0.1, 0.15) is 6.10 Å². The summed E-state index contributed by atoms with van der Waals surface area (Å²) in [6.07, 6.45) is 37.1. The fraction of sp³-hybridized carbons (Fsp3) is 0.942. The van der Waals surface area contributed by atoms with Gasteiger partial charge in [-0.25, -0.2) is 0 Å². The summed E-state index contributed by atoms with van der Waals surface area (Å²) in [5.74, 6) is 3.32. The smallest absolute Gasteiger partial charge is 0.306 e. The third kappa shape index (κ3) is 8.34. The minimum absolute atomic E-state index is 0.0204. The highest BCUT2D eigenvalue weighted by molar-refractivity contribution is 5.69. The van der Waals surface area contributed by atoms with E-state index >= 15 is 0 Å². The first kappa shape index (κ1) is 43.7. The summed E-state index contributed by atoms with van der Waals surface area (Å²) in [5, 5.41) is 0. The molecule has 0 unspecified atom stereocenters. The monoisotopic (exact) mass is 763 g/mol. The maximum Gasteiger partial charge on any atom is 0.306 e. The third-order valence-corrected chi connectivity index (χ3v) is 19.2. The largest absolute Gasteiger partial charge is 0.462 e. The highest BCUT2D eigenvalue weighted by Crippen LogP contribution is 2.80. The van der Waals surface area contributed by atoms with Crippen LogP contribution in [0.4, 0.5) is 0 Å². The molecule has 0 aromatic carbocycles. The highest BCUT2D eigenvalue weighted by Gasteiger charge is 2.78. The van der Waals surface area contributed by atoms with Crippen molar-refractivity contribution in [1.29, 1.82) is 0 Å². The zero-order chi connectivity index (χ0) is 39.5. The number of hydrogen-bond donors (Lipinski definition) is 0. The molecule has 0 N–H and O–H groups in total. The van der Waals surface area contributed by atoms with Crippen molar-refractivity contribution in [3.63, 3.8) is 0 Å². The number of ether oxygens (including phenoxy) is 2. The molecule has 12 atom stereocenters. The van der Waals surface area contributed by atoms with Crippen LogP contribution in [0.25, 0.3) is 0 Å². The van der Waals surface area contributed by atoms with Gasteiger partial charge in [-0.15, -0.1) is 0 Å². The van der Waals surface area contributed by atoms with Crippen molar-refractivity contribution in [2.24, 2.45) is 56.7 Å². The number of fused-ring (bicyclic) bond motifs is 4. The van der Waals surface area contributed by atoms with E-state index in [2.05, 4.69) is 62.0 Å². The second-order valence-corrected chi connectivity index (χ2v) is 22.5. The molecule has 5 aliphatic carbocycles. The van der Waals surface area contributed by atoms with Crippen LogP contribution in [0.5, 0.6) is 0 Å². The maximum atomic E-state index is 13.3. The second kappa shape index (κ2) is 18.2. The first-order valence-electron chi connectivity index (χ1n) is 24.8. The molecule has 1 heterocycles. The van der Waals surface area contributed by atoms with Gasteiger partial charge in [0.05, 0.1) is 12.2 Å². The average Bonchev–Trinajstić information content (AvgIpc) is 3.36. The van der Waals surface area contributed by atoms with Crippen molar-refractivity contribution in [2.75, 3.05) is 0 Å².